The molecule has 0 fully saturated rings. The molecule has 0 saturated heterocycles. The van der Waals surface area contributed by atoms with E-state index in [1.54, 1.807) is 14.1 Å². The van der Waals surface area contributed by atoms with Gasteiger partial charge in [-0.2, -0.15) is 0 Å². The molecular weight excluding hydrogens is 104 g/mol. The molecule has 0 spiro atoms. The van der Waals surface area contributed by atoms with E-state index in [2.05, 4.69) is 4.65 Å². The molecule has 0 aromatic rings. The van der Waals surface area contributed by atoms with Crippen molar-refractivity contribution >= 4 is 48.2 Å². The summed E-state index contributed by atoms with van der Waals surface area (Å²) in [6.45, 7) is 9.61. The first-order valence-electron chi connectivity index (χ1n) is 2.89. The Bertz CT molecular complexity index is 125. The summed E-state index contributed by atoms with van der Waals surface area (Å²) in [5.74, 6) is 0. The first kappa shape index (κ1) is 9.25. The Labute approximate surface area is 60.6 Å². The van der Waals surface area contributed by atoms with E-state index >= 15 is 0 Å². The van der Waals surface area contributed by atoms with Gasteiger partial charge >= 0.3 is 60.0 Å². The van der Waals surface area contributed by atoms with Gasteiger partial charge in [-0.3, -0.25) is 0 Å². The average Bonchev–Trinajstić information content (AvgIpc) is 1.89. The maximum atomic E-state index is 4.67. The number of hydrogen-bond donors (Lipinski definition) is 0. The van der Waals surface area contributed by atoms with Crippen LogP contribution in [-0.2, 0) is 4.65 Å². The fourth-order valence-corrected chi connectivity index (χ4v) is 0.363. The zero-order chi connectivity index (χ0) is 6.95. The number of rotatable bonds is 3. The molecule has 0 aliphatic carbocycles. The quantitative estimate of drug-likeness (QED) is 0.348. The molecule has 9 heavy (non-hydrogen) atoms. The first-order chi connectivity index (χ1) is 4.41. The minimum atomic E-state index is 1.62. The Morgan fingerprint density at radius 2 is 1.78 bits per heavy atom. The third-order valence-corrected chi connectivity index (χ3v) is 0.740. The van der Waals surface area contributed by atoms with Gasteiger partial charge in [0.1, 0.15) is 0 Å². The van der Waals surface area contributed by atoms with Crippen LogP contribution < -0.4 is 0 Å². The molecule has 0 heterocycles. The molecule has 8 heteroatoms. The van der Waals surface area contributed by atoms with Crippen LogP contribution in [0.15, 0.2) is 0 Å². The van der Waals surface area contributed by atoms with Crippen molar-refractivity contribution in [1.29, 1.82) is 0 Å². The van der Waals surface area contributed by atoms with Crippen LogP contribution in [0.25, 0.3) is 0 Å². The van der Waals surface area contributed by atoms with Crippen LogP contribution in [0.4, 0.5) is 0 Å². The summed E-state index contributed by atoms with van der Waals surface area (Å²) in [6, 6.07) is 0. The van der Waals surface area contributed by atoms with Crippen LogP contribution >= 0.6 is 0 Å². The summed E-state index contributed by atoms with van der Waals surface area (Å²) in [6.07, 6.45) is 0. The van der Waals surface area contributed by atoms with Gasteiger partial charge in [0.25, 0.3) is 0 Å². The molecule has 0 aliphatic rings. The van der Waals surface area contributed by atoms with E-state index < -0.39 is 0 Å². The van der Waals surface area contributed by atoms with E-state index in [-0.39, 0.29) is 0 Å². The van der Waals surface area contributed by atoms with Crippen LogP contribution in [0.5, 0.6) is 0 Å². The summed E-state index contributed by atoms with van der Waals surface area (Å²) in [7, 11) is 5.23. The summed E-state index contributed by atoms with van der Waals surface area (Å²) >= 11 is 0. The van der Waals surface area contributed by atoms with E-state index in [9.17, 15) is 0 Å². The van der Waals surface area contributed by atoms with Crippen molar-refractivity contribution < 1.29 is 4.65 Å². The molecular formula is CH5B7O. The summed E-state index contributed by atoms with van der Waals surface area (Å²) in [4.78, 5) is 0. The summed E-state index contributed by atoms with van der Waals surface area (Å²) in [5, 5.41) is 0. The third-order valence-electron chi connectivity index (χ3n) is 0.740. The van der Waals surface area contributed by atoms with Crippen molar-refractivity contribution in [2.45, 2.75) is 0 Å². The molecule has 0 aromatic heterocycles. The van der Waals surface area contributed by atoms with E-state index in [0.717, 1.165) is 0 Å². The molecule has 36 valence electrons. The normalized spacial score (nSPS) is 6.78. The molecule has 0 amide bonds. The van der Waals surface area contributed by atoms with Gasteiger partial charge < -0.3 is 0 Å². The van der Waals surface area contributed by atoms with Crippen LogP contribution in [0, 0.1) is 0 Å². The maximum absolute atomic E-state index is 4.67. The zero-order valence-electron chi connectivity index (χ0n) is 5.87. The van der Waals surface area contributed by atoms with Crippen LogP contribution in [0.3, 0.4) is 0 Å². The molecule has 0 radical (unpaired) electrons. The van der Waals surface area contributed by atoms with Crippen molar-refractivity contribution in [3.8, 4) is 0 Å². The van der Waals surface area contributed by atoms with Gasteiger partial charge in [-0.05, 0) is 0 Å². The van der Waals surface area contributed by atoms with Gasteiger partial charge in [0, 0.05) is 0 Å². The van der Waals surface area contributed by atoms with E-state index in [1.807, 2.05) is 41.2 Å². The van der Waals surface area contributed by atoms with Crippen molar-refractivity contribution in [3.05, 3.63) is 0 Å². The first-order valence-corrected chi connectivity index (χ1v) is 2.89. The molecule has 0 aliphatic heterocycles. The third kappa shape index (κ3) is 8.25. The van der Waals surface area contributed by atoms with Crippen LogP contribution in [0.2, 0.25) is 0 Å². The standard InChI is InChI=1S/CH5B7O/c1-9-8-7-6-5-4-3-2/h2H2,1H3. The second-order valence-corrected chi connectivity index (χ2v) is 1.47. The summed E-state index contributed by atoms with van der Waals surface area (Å²) in [5.41, 5.74) is 0. The number of hydrogen-bond acceptors (Lipinski definition) is 1. The van der Waals surface area contributed by atoms with Crippen molar-refractivity contribution in [3.63, 3.8) is 0 Å². The summed E-state index contributed by atoms with van der Waals surface area (Å²) < 4.78 is 4.67. The van der Waals surface area contributed by atoms with Crippen molar-refractivity contribution in [1.82, 2.24) is 0 Å². The topological polar surface area (TPSA) is 9.23 Å². The minimum absolute atomic E-state index is 1.62. The van der Waals surface area contributed by atoms with E-state index in [0.29, 0.717) is 0 Å². The fourth-order valence-electron chi connectivity index (χ4n) is 0.363. The Morgan fingerprint density at radius 3 is 2.33 bits per heavy atom. The average molecular weight is 109 g/mol. The molecule has 0 N–H and O–H groups in total. The monoisotopic (exact) mass is 110 g/mol. The van der Waals surface area contributed by atoms with Crippen LogP contribution in [0.1, 0.15) is 0 Å². The molecule has 0 rings (SSSR count). The van der Waals surface area contributed by atoms with Crippen LogP contribution in [-0.4, -0.2) is 55.3 Å². The Morgan fingerprint density at radius 1 is 1.11 bits per heavy atom. The van der Waals surface area contributed by atoms with Gasteiger partial charge in [-0.1, -0.05) is 0 Å². The predicted molar refractivity (Wildman–Crippen MR) is 50.1 cm³/mol. The van der Waals surface area contributed by atoms with Gasteiger partial charge in [0.15, 0.2) is 0 Å². The Kier molecular flexibility index (Phi) is 8.49. The molecule has 0 bridgehead atoms. The SMILES string of the molecule is BB=BB=BB=BOC. The second-order valence-electron chi connectivity index (χ2n) is 1.47. The molecule has 0 unspecified atom stereocenters. The van der Waals surface area contributed by atoms with Gasteiger partial charge in [0.05, 0.1) is 0 Å². The van der Waals surface area contributed by atoms with Gasteiger partial charge in [-0.25, -0.2) is 0 Å². The van der Waals surface area contributed by atoms with E-state index in [4.69, 9.17) is 0 Å². The fraction of sp³-hybridized carbons (Fsp3) is 1.00. The predicted octanol–water partition coefficient (Wildman–Crippen LogP) is -3.10. The van der Waals surface area contributed by atoms with E-state index in [1.165, 1.54) is 0 Å². The Hall–Kier alpha value is 0.255. The van der Waals surface area contributed by atoms with Crippen molar-refractivity contribution in [2.24, 2.45) is 0 Å². The Balaban J connectivity index is 3.35. The van der Waals surface area contributed by atoms with Crippen molar-refractivity contribution in [2.75, 3.05) is 7.11 Å². The molecule has 1 nitrogen and oxygen atoms in total. The molecule has 0 atom stereocenters. The molecule has 0 aromatic carbocycles. The second kappa shape index (κ2) is 8.25. The van der Waals surface area contributed by atoms with Gasteiger partial charge in [0.2, 0.25) is 0 Å². The van der Waals surface area contributed by atoms with Gasteiger partial charge in [-0.15, -0.1) is 0 Å². The molecule has 0 saturated carbocycles. The zero-order valence-corrected chi connectivity index (χ0v) is 5.87.